The lowest BCUT2D eigenvalue weighted by Gasteiger charge is -2.28. The second-order valence-electron chi connectivity index (χ2n) is 7.40. The highest BCUT2D eigenvalue weighted by Crippen LogP contribution is 2.47. The number of nitrogens with zero attached hydrogens (tertiary/aromatic N) is 2. The molecule has 3 heterocycles. The molecule has 0 spiro atoms. The molecule has 1 aromatic heterocycles. The quantitative estimate of drug-likeness (QED) is 0.430. The van der Waals surface area contributed by atoms with Gasteiger partial charge in [0.25, 0.3) is 0 Å². The molecule has 0 bridgehead atoms. The van der Waals surface area contributed by atoms with Crippen molar-refractivity contribution >= 4 is 33.3 Å². The van der Waals surface area contributed by atoms with Crippen LogP contribution in [0, 0.1) is 11.3 Å². The number of nitrogens with two attached hydrogens (primary N) is 1. The molecule has 1 atom stereocenters. The van der Waals surface area contributed by atoms with Gasteiger partial charge in [-0.2, -0.15) is 5.26 Å². The summed E-state index contributed by atoms with van der Waals surface area (Å²) in [4.78, 5) is 4.57. The van der Waals surface area contributed by atoms with E-state index >= 15 is 0 Å². The van der Waals surface area contributed by atoms with Crippen LogP contribution in [0.5, 0.6) is 17.2 Å². The van der Waals surface area contributed by atoms with Crippen LogP contribution in [-0.4, -0.2) is 11.8 Å². The van der Waals surface area contributed by atoms with E-state index in [0.29, 0.717) is 33.9 Å². The third-order valence-corrected chi connectivity index (χ3v) is 6.01. The molecule has 6 rings (SSSR count). The zero-order valence-corrected chi connectivity index (χ0v) is 16.8. The summed E-state index contributed by atoms with van der Waals surface area (Å²) >= 11 is 6.65. The molecule has 7 heteroatoms. The molecule has 2 aliphatic heterocycles. The van der Waals surface area contributed by atoms with Crippen LogP contribution in [0.25, 0.3) is 21.7 Å². The van der Waals surface area contributed by atoms with E-state index in [0.717, 1.165) is 21.7 Å². The van der Waals surface area contributed by atoms with Crippen LogP contribution in [0.3, 0.4) is 0 Å². The largest absolute Gasteiger partial charge is 0.454 e. The second-order valence-corrected chi connectivity index (χ2v) is 7.75. The molecule has 0 saturated carbocycles. The van der Waals surface area contributed by atoms with Gasteiger partial charge in [-0.05, 0) is 17.5 Å². The highest BCUT2D eigenvalue weighted by Gasteiger charge is 2.33. The van der Waals surface area contributed by atoms with Crippen molar-refractivity contribution in [1.82, 2.24) is 4.98 Å². The van der Waals surface area contributed by atoms with Gasteiger partial charge in [0, 0.05) is 28.0 Å². The summed E-state index contributed by atoms with van der Waals surface area (Å²) in [7, 11) is 0. The van der Waals surface area contributed by atoms with Gasteiger partial charge in [-0.3, -0.25) is 0 Å². The minimum atomic E-state index is -0.506. The minimum Gasteiger partial charge on any atom is -0.454 e. The second kappa shape index (κ2) is 6.53. The Morgan fingerprint density at radius 2 is 1.81 bits per heavy atom. The molecule has 4 aromatic rings. The Bertz CT molecular complexity index is 1490. The van der Waals surface area contributed by atoms with E-state index < -0.39 is 5.92 Å². The van der Waals surface area contributed by atoms with Crippen LogP contribution in [0.4, 0.5) is 0 Å². The van der Waals surface area contributed by atoms with E-state index in [1.54, 1.807) is 6.07 Å². The predicted octanol–water partition coefficient (Wildman–Crippen LogP) is 4.99. The fourth-order valence-corrected chi connectivity index (χ4v) is 4.52. The molecule has 0 radical (unpaired) electrons. The number of hydrogen-bond acceptors (Lipinski definition) is 6. The van der Waals surface area contributed by atoms with Crippen molar-refractivity contribution < 1.29 is 14.2 Å². The summed E-state index contributed by atoms with van der Waals surface area (Å²) in [6.07, 6.45) is 0. The highest BCUT2D eigenvalue weighted by atomic mass is 35.5. The lowest BCUT2D eigenvalue weighted by Crippen LogP contribution is -2.21. The van der Waals surface area contributed by atoms with Crippen molar-refractivity contribution in [3.05, 3.63) is 82.3 Å². The van der Waals surface area contributed by atoms with Gasteiger partial charge in [-0.15, -0.1) is 0 Å². The first-order valence-corrected chi connectivity index (χ1v) is 10.0. The number of allylic oxidation sites excluding steroid dienone is 1. The summed E-state index contributed by atoms with van der Waals surface area (Å²) in [5.74, 6) is 1.47. The molecule has 0 fully saturated rings. The Morgan fingerprint density at radius 3 is 2.65 bits per heavy atom. The molecule has 0 saturated heterocycles. The first-order valence-electron chi connectivity index (χ1n) is 9.63. The molecule has 2 N–H and O–H groups in total. The van der Waals surface area contributed by atoms with Gasteiger partial charge < -0.3 is 19.9 Å². The number of rotatable bonds is 1. The Balaban J connectivity index is 1.62. The van der Waals surface area contributed by atoms with Crippen molar-refractivity contribution in [1.29, 1.82) is 5.26 Å². The SMILES string of the molecule is N#CC1=C(N)Oc2c(ccc3ccccc23)[C@H]1c1cc2cc3c(cc2nc1Cl)OCO3. The predicted molar refractivity (Wildman–Crippen MR) is 116 cm³/mol. The lowest BCUT2D eigenvalue weighted by atomic mass is 9.82. The summed E-state index contributed by atoms with van der Waals surface area (Å²) in [6.45, 7) is 0.171. The normalized spacial score (nSPS) is 16.8. The Kier molecular flexibility index (Phi) is 3.76. The van der Waals surface area contributed by atoms with Crippen LogP contribution in [-0.2, 0) is 0 Å². The number of nitriles is 1. The fourth-order valence-electron chi connectivity index (χ4n) is 4.27. The van der Waals surface area contributed by atoms with E-state index in [2.05, 4.69) is 11.1 Å². The smallest absolute Gasteiger partial charge is 0.231 e. The van der Waals surface area contributed by atoms with E-state index in [9.17, 15) is 5.26 Å². The first kappa shape index (κ1) is 17.9. The van der Waals surface area contributed by atoms with Gasteiger partial charge in [0.1, 0.15) is 22.5 Å². The number of aromatic nitrogens is 1. The summed E-state index contributed by atoms with van der Waals surface area (Å²) in [5, 5.41) is 12.9. The average molecular weight is 428 g/mol. The van der Waals surface area contributed by atoms with E-state index in [1.807, 2.05) is 48.5 Å². The van der Waals surface area contributed by atoms with E-state index in [1.165, 1.54) is 0 Å². The topological polar surface area (TPSA) is 90.4 Å². The third-order valence-electron chi connectivity index (χ3n) is 5.71. The van der Waals surface area contributed by atoms with Crippen LogP contribution in [0.2, 0.25) is 5.15 Å². The molecule has 0 unspecified atom stereocenters. The number of pyridine rings is 1. The van der Waals surface area contributed by atoms with Crippen molar-refractivity contribution in [3.8, 4) is 23.3 Å². The van der Waals surface area contributed by atoms with Crippen LogP contribution < -0.4 is 19.9 Å². The fraction of sp³-hybridized carbons (Fsp3) is 0.0833. The monoisotopic (exact) mass is 427 g/mol. The maximum Gasteiger partial charge on any atom is 0.231 e. The van der Waals surface area contributed by atoms with Gasteiger partial charge in [0.15, 0.2) is 11.5 Å². The van der Waals surface area contributed by atoms with Crippen molar-refractivity contribution in [2.24, 2.45) is 5.73 Å². The molecule has 3 aromatic carbocycles. The molecular weight excluding hydrogens is 414 g/mol. The number of fused-ring (bicyclic) bond motifs is 5. The zero-order valence-electron chi connectivity index (χ0n) is 16.1. The lowest BCUT2D eigenvalue weighted by molar-refractivity contribution is 0.174. The number of ether oxygens (including phenoxy) is 3. The average Bonchev–Trinajstić information content (AvgIpc) is 3.23. The molecule has 2 aliphatic rings. The van der Waals surface area contributed by atoms with Gasteiger partial charge in [0.2, 0.25) is 12.7 Å². The van der Waals surface area contributed by atoms with Crippen LogP contribution in [0.1, 0.15) is 17.0 Å². The Morgan fingerprint density at radius 1 is 1.00 bits per heavy atom. The Labute approximate surface area is 182 Å². The zero-order chi connectivity index (χ0) is 21.1. The van der Waals surface area contributed by atoms with E-state index in [4.69, 9.17) is 31.5 Å². The highest BCUT2D eigenvalue weighted by molar-refractivity contribution is 6.30. The van der Waals surface area contributed by atoms with Crippen molar-refractivity contribution in [2.75, 3.05) is 6.79 Å². The van der Waals surface area contributed by atoms with Crippen molar-refractivity contribution in [2.45, 2.75) is 5.92 Å². The van der Waals surface area contributed by atoms with E-state index in [-0.39, 0.29) is 17.8 Å². The summed E-state index contributed by atoms with van der Waals surface area (Å²) in [5.41, 5.74) is 8.66. The van der Waals surface area contributed by atoms with Crippen molar-refractivity contribution in [3.63, 3.8) is 0 Å². The van der Waals surface area contributed by atoms with Gasteiger partial charge >= 0.3 is 0 Å². The van der Waals surface area contributed by atoms with Crippen LogP contribution >= 0.6 is 11.6 Å². The summed E-state index contributed by atoms with van der Waals surface area (Å²) < 4.78 is 16.9. The van der Waals surface area contributed by atoms with Gasteiger partial charge in [-0.1, -0.05) is 48.0 Å². The maximum absolute atomic E-state index is 9.90. The number of halogens is 1. The molecule has 6 nitrogen and oxygen atoms in total. The van der Waals surface area contributed by atoms with Gasteiger partial charge in [-0.25, -0.2) is 4.98 Å². The molecule has 0 aliphatic carbocycles. The molecular formula is C24H14ClN3O3. The Hall–Kier alpha value is -3.95. The number of hydrogen-bond donors (Lipinski definition) is 1. The minimum absolute atomic E-state index is 0.0678. The first-order chi connectivity index (χ1) is 15.1. The number of benzene rings is 3. The third kappa shape index (κ3) is 2.61. The summed E-state index contributed by atoms with van der Waals surface area (Å²) in [6, 6.07) is 19.6. The molecule has 31 heavy (non-hydrogen) atoms. The van der Waals surface area contributed by atoms with Crippen LogP contribution in [0.15, 0.2) is 66.1 Å². The van der Waals surface area contributed by atoms with Gasteiger partial charge in [0.05, 0.1) is 11.4 Å². The maximum atomic E-state index is 9.90. The standard InChI is InChI=1S/C24H14ClN3O3/c25-23-16(7-13-8-19-20(30-11-29-19)9-18(13)28-23)21-15-6-5-12-3-1-2-4-14(12)22(15)31-24(27)17(21)10-26/h1-9,21H,11,27H2/t21-/m0/s1. The molecule has 150 valence electrons. The molecule has 0 amide bonds.